The molecule has 1 amide bonds. The summed E-state index contributed by atoms with van der Waals surface area (Å²) in [6, 6.07) is 10.5. The van der Waals surface area contributed by atoms with E-state index in [0.29, 0.717) is 12.6 Å². The van der Waals surface area contributed by atoms with Gasteiger partial charge in [-0.2, -0.15) is 0 Å². The molecule has 2 aromatic rings. The van der Waals surface area contributed by atoms with Crippen molar-refractivity contribution in [2.45, 2.75) is 25.3 Å². The first-order valence-corrected chi connectivity index (χ1v) is 9.55. The van der Waals surface area contributed by atoms with Crippen LogP contribution in [-0.4, -0.2) is 63.1 Å². The Kier molecular flexibility index (Phi) is 9.04. The van der Waals surface area contributed by atoms with Gasteiger partial charge in [0.1, 0.15) is 11.3 Å². The summed E-state index contributed by atoms with van der Waals surface area (Å²) < 4.78 is 5.85. The normalized spacial score (nSPS) is 15.9. The fourth-order valence-corrected chi connectivity index (χ4v) is 3.37. The summed E-state index contributed by atoms with van der Waals surface area (Å²) in [4.78, 5) is 18.0. The minimum absolute atomic E-state index is 0. The van der Waals surface area contributed by atoms with Gasteiger partial charge in [0, 0.05) is 51.6 Å². The third kappa shape index (κ3) is 6.37. The molecule has 0 bridgehead atoms. The average molecular weight is 499 g/mol. The van der Waals surface area contributed by atoms with Crippen molar-refractivity contribution in [2.75, 3.05) is 40.3 Å². The van der Waals surface area contributed by atoms with Crippen molar-refractivity contribution in [1.29, 1.82) is 0 Å². The zero-order valence-corrected chi connectivity index (χ0v) is 18.9. The van der Waals surface area contributed by atoms with Gasteiger partial charge in [0.25, 0.3) is 0 Å². The lowest BCUT2D eigenvalue weighted by Crippen LogP contribution is -2.50. The van der Waals surface area contributed by atoms with E-state index in [1.807, 2.05) is 18.2 Å². The van der Waals surface area contributed by atoms with Gasteiger partial charge in [-0.3, -0.25) is 14.7 Å². The highest BCUT2D eigenvalue weighted by Gasteiger charge is 2.21. The number of aliphatic imine (C=N–C) groups is 1. The zero-order chi connectivity index (χ0) is 19.1. The quantitative estimate of drug-likeness (QED) is 0.322. The van der Waals surface area contributed by atoms with Crippen molar-refractivity contribution in [3.63, 3.8) is 0 Å². The molecule has 2 heterocycles. The van der Waals surface area contributed by atoms with E-state index in [2.05, 4.69) is 38.0 Å². The molecule has 8 heteroatoms. The fourth-order valence-electron chi connectivity index (χ4n) is 3.37. The van der Waals surface area contributed by atoms with Crippen LogP contribution in [0.25, 0.3) is 11.0 Å². The van der Waals surface area contributed by atoms with Crippen molar-refractivity contribution < 1.29 is 9.21 Å². The number of piperidine rings is 1. The number of likely N-dealkylation sites (tertiary alicyclic amines) is 1. The molecule has 1 aliphatic heterocycles. The summed E-state index contributed by atoms with van der Waals surface area (Å²) in [5.74, 6) is 1.86. The van der Waals surface area contributed by atoms with E-state index in [0.717, 1.165) is 61.6 Å². The summed E-state index contributed by atoms with van der Waals surface area (Å²) in [6.07, 6.45) is 2.81. The molecule has 1 aromatic heterocycles. The number of guanidine groups is 1. The Morgan fingerprint density at radius 3 is 2.71 bits per heavy atom. The van der Waals surface area contributed by atoms with Crippen molar-refractivity contribution >= 4 is 46.8 Å². The maximum Gasteiger partial charge on any atom is 0.233 e. The standard InChI is InChI=1S/C20H29N5O2.HI/c1-21-19(26)14-25-11-8-16(9-12-25)24-20(22-2)23-10-7-17-13-15-5-3-4-6-18(15)27-17;/h3-6,13,16H,7-12,14H2,1-2H3,(H,21,26)(H2,22,23,24);1H. The highest BCUT2D eigenvalue weighted by molar-refractivity contribution is 14.0. The Labute approximate surface area is 183 Å². The van der Waals surface area contributed by atoms with Gasteiger partial charge in [-0.1, -0.05) is 18.2 Å². The van der Waals surface area contributed by atoms with Crippen LogP contribution in [0.3, 0.4) is 0 Å². The lowest BCUT2D eigenvalue weighted by Gasteiger charge is -2.32. The third-order valence-electron chi connectivity index (χ3n) is 4.94. The zero-order valence-electron chi connectivity index (χ0n) is 16.5. The fraction of sp³-hybridized carbons (Fsp3) is 0.500. The van der Waals surface area contributed by atoms with Gasteiger partial charge in [-0.25, -0.2) is 0 Å². The molecule has 1 aromatic carbocycles. The number of nitrogens with one attached hydrogen (secondary N) is 3. The summed E-state index contributed by atoms with van der Waals surface area (Å²) >= 11 is 0. The molecule has 1 aliphatic rings. The smallest absolute Gasteiger partial charge is 0.233 e. The van der Waals surface area contributed by atoms with Crippen LogP contribution in [0.15, 0.2) is 39.7 Å². The molecule has 1 fully saturated rings. The molecule has 0 aliphatic carbocycles. The first-order chi connectivity index (χ1) is 13.2. The minimum atomic E-state index is 0. The Bertz CT molecular complexity index is 751. The number of hydrogen-bond acceptors (Lipinski definition) is 4. The molecule has 3 rings (SSSR count). The third-order valence-corrected chi connectivity index (χ3v) is 4.94. The Morgan fingerprint density at radius 1 is 1.29 bits per heavy atom. The predicted octanol–water partition coefficient (Wildman–Crippen LogP) is 1.97. The van der Waals surface area contributed by atoms with Crippen LogP contribution in [0.2, 0.25) is 0 Å². The number of carbonyl (C=O) groups is 1. The maximum atomic E-state index is 11.5. The van der Waals surface area contributed by atoms with E-state index in [4.69, 9.17) is 4.42 Å². The molecule has 154 valence electrons. The number of hydrogen-bond donors (Lipinski definition) is 3. The van der Waals surface area contributed by atoms with Crippen LogP contribution >= 0.6 is 24.0 Å². The summed E-state index contributed by atoms with van der Waals surface area (Å²) in [5, 5.41) is 10.7. The highest BCUT2D eigenvalue weighted by Crippen LogP contribution is 2.18. The lowest BCUT2D eigenvalue weighted by atomic mass is 10.1. The number of halogens is 1. The van der Waals surface area contributed by atoms with Crippen LogP contribution in [-0.2, 0) is 11.2 Å². The summed E-state index contributed by atoms with van der Waals surface area (Å²) in [6.45, 7) is 3.07. The molecule has 0 atom stereocenters. The highest BCUT2D eigenvalue weighted by atomic mass is 127. The Balaban J connectivity index is 0.00000280. The molecular weight excluding hydrogens is 469 g/mol. The molecule has 7 nitrogen and oxygen atoms in total. The predicted molar refractivity (Wildman–Crippen MR) is 123 cm³/mol. The summed E-state index contributed by atoms with van der Waals surface area (Å²) in [5.41, 5.74) is 0.929. The first kappa shape index (κ1) is 22.5. The number of rotatable bonds is 6. The van der Waals surface area contributed by atoms with Crippen molar-refractivity contribution in [1.82, 2.24) is 20.9 Å². The lowest BCUT2D eigenvalue weighted by molar-refractivity contribution is -0.122. The SMILES string of the molecule is CN=C(NCCc1cc2ccccc2o1)NC1CCN(CC(=O)NC)CC1.I. The molecule has 0 radical (unpaired) electrons. The minimum Gasteiger partial charge on any atom is -0.461 e. The number of amides is 1. The molecule has 0 saturated carbocycles. The van der Waals surface area contributed by atoms with E-state index in [1.54, 1.807) is 14.1 Å². The number of nitrogens with zero attached hydrogens (tertiary/aromatic N) is 2. The first-order valence-electron chi connectivity index (χ1n) is 9.55. The molecule has 1 saturated heterocycles. The van der Waals surface area contributed by atoms with Crippen LogP contribution in [0.4, 0.5) is 0 Å². The van der Waals surface area contributed by atoms with E-state index in [9.17, 15) is 4.79 Å². The number of carbonyl (C=O) groups excluding carboxylic acids is 1. The number of fused-ring (bicyclic) bond motifs is 1. The van der Waals surface area contributed by atoms with Gasteiger partial charge in [0.05, 0.1) is 6.54 Å². The van der Waals surface area contributed by atoms with Gasteiger partial charge < -0.3 is 20.4 Å². The van der Waals surface area contributed by atoms with E-state index in [-0.39, 0.29) is 29.9 Å². The van der Waals surface area contributed by atoms with Gasteiger partial charge in [0.2, 0.25) is 5.91 Å². The Morgan fingerprint density at radius 2 is 2.04 bits per heavy atom. The van der Waals surface area contributed by atoms with Crippen molar-refractivity contribution in [3.8, 4) is 0 Å². The van der Waals surface area contributed by atoms with Crippen LogP contribution in [0, 0.1) is 0 Å². The Hall–Kier alpha value is -1.81. The van der Waals surface area contributed by atoms with Crippen LogP contribution < -0.4 is 16.0 Å². The van der Waals surface area contributed by atoms with E-state index < -0.39 is 0 Å². The van der Waals surface area contributed by atoms with Gasteiger partial charge in [0.15, 0.2) is 5.96 Å². The second-order valence-corrected chi connectivity index (χ2v) is 6.87. The molecule has 0 spiro atoms. The average Bonchev–Trinajstić information content (AvgIpc) is 3.11. The second-order valence-electron chi connectivity index (χ2n) is 6.87. The second kappa shape index (κ2) is 11.3. The van der Waals surface area contributed by atoms with E-state index in [1.165, 1.54) is 0 Å². The monoisotopic (exact) mass is 499 g/mol. The number of likely N-dealkylation sites (N-methyl/N-ethyl adjacent to an activating group) is 1. The van der Waals surface area contributed by atoms with Gasteiger partial charge >= 0.3 is 0 Å². The van der Waals surface area contributed by atoms with Crippen LogP contribution in [0.5, 0.6) is 0 Å². The maximum absolute atomic E-state index is 11.5. The topological polar surface area (TPSA) is 81.9 Å². The summed E-state index contributed by atoms with van der Waals surface area (Å²) in [7, 11) is 3.47. The molecular formula is C20H30IN5O2. The largest absolute Gasteiger partial charge is 0.461 e. The number of furan rings is 1. The molecule has 28 heavy (non-hydrogen) atoms. The van der Waals surface area contributed by atoms with Crippen molar-refractivity contribution in [3.05, 3.63) is 36.1 Å². The van der Waals surface area contributed by atoms with Crippen LogP contribution in [0.1, 0.15) is 18.6 Å². The molecule has 0 unspecified atom stereocenters. The van der Waals surface area contributed by atoms with Gasteiger partial charge in [-0.05, 0) is 25.0 Å². The van der Waals surface area contributed by atoms with Gasteiger partial charge in [-0.15, -0.1) is 24.0 Å². The van der Waals surface area contributed by atoms with E-state index >= 15 is 0 Å². The number of para-hydroxylation sites is 1. The van der Waals surface area contributed by atoms with Crippen molar-refractivity contribution in [2.24, 2.45) is 4.99 Å². The number of benzene rings is 1. The molecule has 3 N–H and O–H groups in total.